The van der Waals surface area contributed by atoms with Crippen molar-refractivity contribution in [2.75, 3.05) is 0 Å². The van der Waals surface area contributed by atoms with Gasteiger partial charge in [0.15, 0.2) is 0 Å². The number of aliphatic hydroxyl groups is 1. The maximum atomic E-state index is 12.6. The number of carbonyl (C=O) groups excluding carboxylic acids is 1. The van der Waals surface area contributed by atoms with Crippen molar-refractivity contribution in [2.45, 2.75) is 36.9 Å². The zero-order chi connectivity index (χ0) is 17.8. The number of carboxylic acid groups (broad SMARTS) is 1. The minimum atomic E-state index is -1.39. The zero-order valence-corrected chi connectivity index (χ0v) is 13.6. The van der Waals surface area contributed by atoms with Crippen molar-refractivity contribution < 1.29 is 19.8 Å². The van der Waals surface area contributed by atoms with Crippen LogP contribution in [0.1, 0.15) is 18.4 Å². The van der Waals surface area contributed by atoms with Crippen molar-refractivity contribution >= 4 is 22.8 Å². The number of aliphatic hydroxyl groups excluding tert-OH is 1. The van der Waals surface area contributed by atoms with Crippen LogP contribution in [0.2, 0.25) is 0 Å². The van der Waals surface area contributed by atoms with Gasteiger partial charge in [-0.25, -0.2) is 4.79 Å². The molecule has 0 radical (unpaired) electrons. The van der Waals surface area contributed by atoms with Gasteiger partial charge in [0.1, 0.15) is 5.54 Å². The van der Waals surface area contributed by atoms with Crippen LogP contribution in [0, 0.1) is 11.8 Å². The molecule has 25 heavy (non-hydrogen) atoms. The van der Waals surface area contributed by atoms with E-state index in [9.17, 15) is 19.8 Å². The lowest BCUT2D eigenvalue weighted by Gasteiger charge is -2.29. The topological polar surface area (TPSA) is 128 Å². The van der Waals surface area contributed by atoms with Crippen LogP contribution < -0.4 is 11.1 Å². The maximum Gasteiger partial charge on any atom is 0.329 e. The Kier molecular flexibility index (Phi) is 3.59. The van der Waals surface area contributed by atoms with Gasteiger partial charge >= 0.3 is 5.97 Å². The van der Waals surface area contributed by atoms with Gasteiger partial charge < -0.3 is 26.2 Å². The smallest absolute Gasteiger partial charge is 0.329 e. The lowest BCUT2D eigenvalue weighted by Crippen LogP contribution is -2.59. The second-order valence-corrected chi connectivity index (χ2v) is 7.21. The SMILES string of the molecule is N[C@@H](Cc1c[nH]c2ccccc12)C(=O)N[C@@]1(C(=O)O)C[C@H](O)[C@H]2C[C@H]21. The van der Waals surface area contributed by atoms with Gasteiger partial charge in [-0.1, -0.05) is 18.2 Å². The number of hydrogen-bond donors (Lipinski definition) is 5. The molecular formula is C18H21N3O4. The third kappa shape index (κ3) is 2.51. The number of H-pyrrole nitrogens is 1. The highest BCUT2D eigenvalue weighted by Crippen LogP contribution is 2.57. The molecule has 0 saturated heterocycles. The predicted octanol–water partition coefficient (Wildman–Crippen LogP) is 0.378. The fourth-order valence-electron chi connectivity index (χ4n) is 4.22. The third-order valence-corrected chi connectivity index (χ3v) is 5.68. The summed E-state index contributed by atoms with van der Waals surface area (Å²) >= 11 is 0. The van der Waals surface area contributed by atoms with Crippen molar-refractivity contribution in [3.05, 3.63) is 36.0 Å². The van der Waals surface area contributed by atoms with E-state index < -0.39 is 29.6 Å². The van der Waals surface area contributed by atoms with Gasteiger partial charge in [-0.3, -0.25) is 4.79 Å². The third-order valence-electron chi connectivity index (χ3n) is 5.68. The maximum absolute atomic E-state index is 12.6. The summed E-state index contributed by atoms with van der Waals surface area (Å²) in [6, 6.07) is 6.87. The van der Waals surface area contributed by atoms with E-state index in [0.717, 1.165) is 16.5 Å². The molecule has 2 aromatic rings. The first kappa shape index (κ1) is 16.1. The summed E-state index contributed by atoms with van der Waals surface area (Å²) in [6.07, 6.45) is 2.13. The van der Waals surface area contributed by atoms with E-state index in [4.69, 9.17) is 5.73 Å². The summed E-state index contributed by atoms with van der Waals surface area (Å²) in [4.78, 5) is 27.5. The molecule has 0 bridgehead atoms. The van der Waals surface area contributed by atoms with Crippen LogP contribution in [0.3, 0.4) is 0 Å². The number of carbonyl (C=O) groups is 2. The average Bonchev–Trinajstić information content (AvgIpc) is 3.23. The van der Waals surface area contributed by atoms with Gasteiger partial charge in [-0.2, -0.15) is 0 Å². The largest absolute Gasteiger partial charge is 0.479 e. The first-order valence-corrected chi connectivity index (χ1v) is 8.46. The Balaban J connectivity index is 1.50. The number of para-hydroxylation sites is 1. The van der Waals surface area contributed by atoms with Crippen LogP contribution in [0.4, 0.5) is 0 Å². The highest BCUT2D eigenvalue weighted by molar-refractivity contribution is 5.91. The molecule has 132 valence electrons. The fraction of sp³-hybridized carbons (Fsp3) is 0.444. The van der Waals surface area contributed by atoms with E-state index in [-0.39, 0.29) is 18.3 Å². The first-order chi connectivity index (χ1) is 11.9. The van der Waals surface area contributed by atoms with Gasteiger partial charge in [0.05, 0.1) is 12.1 Å². The van der Waals surface area contributed by atoms with E-state index in [1.165, 1.54) is 0 Å². The number of nitrogens with one attached hydrogen (secondary N) is 2. The monoisotopic (exact) mass is 343 g/mol. The number of aromatic amines is 1. The van der Waals surface area contributed by atoms with Crippen LogP contribution >= 0.6 is 0 Å². The Hall–Kier alpha value is -2.38. The lowest BCUT2D eigenvalue weighted by molar-refractivity contribution is -0.149. The Morgan fingerprint density at radius 3 is 2.80 bits per heavy atom. The number of rotatable bonds is 5. The van der Waals surface area contributed by atoms with Gasteiger partial charge in [0.25, 0.3) is 0 Å². The van der Waals surface area contributed by atoms with E-state index in [1.807, 2.05) is 30.5 Å². The molecule has 7 nitrogen and oxygen atoms in total. The Morgan fingerprint density at radius 1 is 1.40 bits per heavy atom. The minimum absolute atomic E-state index is 0.0266. The Bertz CT molecular complexity index is 848. The number of hydrogen-bond acceptors (Lipinski definition) is 4. The number of nitrogens with two attached hydrogens (primary N) is 1. The van der Waals surface area contributed by atoms with Crippen LogP contribution in [0.5, 0.6) is 0 Å². The summed E-state index contributed by atoms with van der Waals surface area (Å²) in [5, 5.41) is 23.2. The Morgan fingerprint density at radius 2 is 2.16 bits per heavy atom. The quantitative estimate of drug-likeness (QED) is 0.536. The molecule has 2 fully saturated rings. The molecule has 2 saturated carbocycles. The predicted molar refractivity (Wildman–Crippen MR) is 90.7 cm³/mol. The number of fused-ring (bicyclic) bond motifs is 2. The fourth-order valence-corrected chi connectivity index (χ4v) is 4.22. The number of benzene rings is 1. The standard InChI is InChI=1S/C18H21N3O4/c19-13(5-9-8-20-14-4-2-1-3-10(9)14)16(23)21-18(17(24)25)7-15(22)11-6-12(11)18/h1-4,8,11-13,15,20,22H,5-7,19H2,(H,21,23)(H,24,25)/t11-,12+,13-,15-,18-/m0/s1. The molecular weight excluding hydrogens is 322 g/mol. The van der Waals surface area contributed by atoms with E-state index >= 15 is 0 Å². The van der Waals surface area contributed by atoms with Crippen LogP contribution in [-0.4, -0.2) is 44.8 Å². The highest BCUT2D eigenvalue weighted by atomic mass is 16.4. The van der Waals surface area contributed by atoms with Crippen molar-refractivity contribution in [2.24, 2.45) is 17.6 Å². The van der Waals surface area contributed by atoms with Gasteiger partial charge in [-0.05, 0) is 36.3 Å². The summed E-state index contributed by atoms with van der Waals surface area (Å²) in [6.45, 7) is 0. The summed E-state index contributed by atoms with van der Waals surface area (Å²) in [5.74, 6) is -1.82. The van der Waals surface area contributed by atoms with Crippen LogP contribution in [0.15, 0.2) is 30.5 Å². The normalized spacial score (nSPS) is 31.5. The van der Waals surface area contributed by atoms with Crippen molar-refractivity contribution in [1.29, 1.82) is 0 Å². The molecule has 7 heteroatoms. The van der Waals surface area contributed by atoms with Crippen molar-refractivity contribution in [1.82, 2.24) is 10.3 Å². The molecule has 0 aliphatic heterocycles. The highest BCUT2D eigenvalue weighted by Gasteiger charge is 2.67. The summed E-state index contributed by atoms with van der Waals surface area (Å²) < 4.78 is 0. The van der Waals surface area contributed by atoms with Crippen LogP contribution in [-0.2, 0) is 16.0 Å². The van der Waals surface area contributed by atoms with E-state index in [1.54, 1.807) is 0 Å². The molecule has 5 atom stereocenters. The molecule has 1 aromatic carbocycles. The van der Waals surface area contributed by atoms with Crippen molar-refractivity contribution in [3.8, 4) is 0 Å². The lowest BCUT2D eigenvalue weighted by atomic mass is 9.91. The average molecular weight is 343 g/mol. The van der Waals surface area contributed by atoms with Crippen molar-refractivity contribution in [3.63, 3.8) is 0 Å². The number of carboxylic acids is 1. The first-order valence-electron chi connectivity index (χ1n) is 8.46. The van der Waals surface area contributed by atoms with Gasteiger partial charge in [-0.15, -0.1) is 0 Å². The Labute approximate surface area is 144 Å². The van der Waals surface area contributed by atoms with Gasteiger partial charge in [0, 0.05) is 23.5 Å². The minimum Gasteiger partial charge on any atom is -0.479 e. The number of aliphatic carboxylic acids is 1. The number of amides is 1. The summed E-state index contributed by atoms with van der Waals surface area (Å²) in [5.41, 5.74) is 6.54. The molecule has 2 aliphatic rings. The number of aromatic nitrogens is 1. The molecule has 1 aromatic heterocycles. The van der Waals surface area contributed by atoms with Gasteiger partial charge in [0.2, 0.25) is 5.91 Å². The second-order valence-electron chi connectivity index (χ2n) is 7.21. The molecule has 1 amide bonds. The molecule has 2 aliphatic carbocycles. The second kappa shape index (κ2) is 5.57. The molecule has 0 unspecified atom stereocenters. The molecule has 6 N–H and O–H groups in total. The summed E-state index contributed by atoms with van der Waals surface area (Å²) in [7, 11) is 0. The van der Waals surface area contributed by atoms with E-state index in [0.29, 0.717) is 12.8 Å². The molecule has 1 heterocycles. The van der Waals surface area contributed by atoms with Crippen LogP contribution in [0.25, 0.3) is 10.9 Å². The zero-order valence-electron chi connectivity index (χ0n) is 13.6. The molecule has 4 rings (SSSR count). The molecule has 0 spiro atoms. The van der Waals surface area contributed by atoms with E-state index in [2.05, 4.69) is 10.3 Å².